The Morgan fingerprint density at radius 2 is 2.38 bits per heavy atom. The minimum atomic E-state index is -0.510. The van der Waals surface area contributed by atoms with E-state index in [0.717, 1.165) is 5.56 Å². The highest BCUT2D eigenvalue weighted by Gasteiger charge is 2.09. The zero-order valence-electron chi connectivity index (χ0n) is 7.33. The number of rotatable bonds is 3. The van der Waals surface area contributed by atoms with Crippen LogP contribution in [0.25, 0.3) is 0 Å². The fraction of sp³-hybridized carbons (Fsp3) is 0.300. The van der Waals surface area contributed by atoms with Crippen molar-refractivity contribution < 1.29 is 4.74 Å². The van der Waals surface area contributed by atoms with Gasteiger partial charge >= 0.3 is 0 Å². The zero-order chi connectivity index (χ0) is 9.68. The van der Waals surface area contributed by atoms with Crippen molar-refractivity contribution >= 4 is 11.6 Å². The predicted octanol–water partition coefficient (Wildman–Crippen LogP) is 2.94. The largest absolute Gasteiger partial charge is 0.359 e. The van der Waals surface area contributed by atoms with Crippen molar-refractivity contribution in [3.05, 3.63) is 34.9 Å². The number of ether oxygens (including phenoxy) is 1. The van der Waals surface area contributed by atoms with Crippen molar-refractivity contribution in [3.63, 3.8) is 0 Å². The monoisotopic (exact) mass is 195 g/mol. The molecule has 0 N–H and O–H groups in total. The summed E-state index contributed by atoms with van der Waals surface area (Å²) in [5.41, 5.74) is 0.803. The zero-order valence-corrected chi connectivity index (χ0v) is 8.08. The van der Waals surface area contributed by atoms with Crippen molar-refractivity contribution in [3.8, 4) is 6.07 Å². The second-order valence-corrected chi connectivity index (χ2v) is 2.96. The molecule has 3 heteroatoms. The van der Waals surface area contributed by atoms with E-state index in [1.54, 1.807) is 18.2 Å². The third-order valence-electron chi connectivity index (χ3n) is 1.60. The first-order valence-corrected chi connectivity index (χ1v) is 4.42. The van der Waals surface area contributed by atoms with E-state index in [9.17, 15) is 0 Å². The van der Waals surface area contributed by atoms with E-state index in [1.807, 2.05) is 13.0 Å². The SMILES string of the molecule is CCOC(C#N)c1cccc(Cl)c1. The van der Waals surface area contributed by atoms with Crippen molar-refractivity contribution in [1.29, 1.82) is 5.26 Å². The van der Waals surface area contributed by atoms with Gasteiger partial charge in [0.1, 0.15) is 0 Å². The third-order valence-corrected chi connectivity index (χ3v) is 1.84. The molecule has 2 nitrogen and oxygen atoms in total. The number of hydrogen-bond acceptors (Lipinski definition) is 2. The molecule has 0 spiro atoms. The molecule has 0 heterocycles. The number of benzene rings is 1. The maximum Gasteiger partial charge on any atom is 0.169 e. The number of nitrogens with zero attached hydrogens (tertiary/aromatic N) is 1. The number of hydrogen-bond donors (Lipinski definition) is 0. The van der Waals surface area contributed by atoms with Crippen LogP contribution in [0.4, 0.5) is 0 Å². The highest BCUT2D eigenvalue weighted by molar-refractivity contribution is 6.30. The molecule has 1 rings (SSSR count). The van der Waals surface area contributed by atoms with Gasteiger partial charge in [-0.15, -0.1) is 0 Å². The predicted molar refractivity (Wildman–Crippen MR) is 51.4 cm³/mol. The van der Waals surface area contributed by atoms with Crippen molar-refractivity contribution in [2.75, 3.05) is 6.61 Å². The van der Waals surface area contributed by atoms with Crippen LogP contribution in [0.3, 0.4) is 0 Å². The summed E-state index contributed by atoms with van der Waals surface area (Å²) in [6.07, 6.45) is -0.510. The molecule has 1 aromatic rings. The van der Waals surface area contributed by atoms with Crippen LogP contribution in [-0.2, 0) is 4.74 Å². The molecular formula is C10H10ClNO. The number of nitriles is 1. The fourth-order valence-electron chi connectivity index (χ4n) is 1.04. The molecule has 68 valence electrons. The van der Waals surface area contributed by atoms with E-state index in [0.29, 0.717) is 11.6 Å². The summed E-state index contributed by atoms with van der Waals surface area (Å²) in [5, 5.41) is 9.41. The smallest absolute Gasteiger partial charge is 0.169 e. The minimum absolute atomic E-state index is 0.510. The topological polar surface area (TPSA) is 33.0 Å². The molecule has 0 radical (unpaired) electrons. The summed E-state index contributed by atoms with van der Waals surface area (Å²) in [4.78, 5) is 0. The maximum absolute atomic E-state index is 8.78. The molecule has 0 fully saturated rings. The fourth-order valence-corrected chi connectivity index (χ4v) is 1.24. The van der Waals surface area contributed by atoms with E-state index >= 15 is 0 Å². The van der Waals surface area contributed by atoms with E-state index in [2.05, 4.69) is 6.07 Å². The van der Waals surface area contributed by atoms with Crippen LogP contribution in [-0.4, -0.2) is 6.61 Å². The molecular weight excluding hydrogens is 186 g/mol. The lowest BCUT2D eigenvalue weighted by Crippen LogP contribution is -2.00. The molecule has 0 saturated carbocycles. The standard InChI is InChI=1S/C10H10ClNO/c1-2-13-10(7-12)8-4-3-5-9(11)6-8/h3-6,10H,2H2,1H3. The lowest BCUT2D eigenvalue weighted by molar-refractivity contribution is 0.102. The highest BCUT2D eigenvalue weighted by Crippen LogP contribution is 2.19. The molecule has 13 heavy (non-hydrogen) atoms. The van der Waals surface area contributed by atoms with Gasteiger partial charge in [-0.05, 0) is 24.6 Å². The Morgan fingerprint density at radius 1 is 1.62 bits per heavy atom. The van der Waals surface area contributed by atoms with Gasteiger partial charge in [0.25, 0.3) is 0 Å². The molecule has 0 aliphatic rings. The van der Waals surface area contributed by atoms with E-state index < -0.39 is 6.10 Å². The molecule has 1 atom stereocenters. The van der Waals surface area contributed by atoms with E-state index in [4.69, 9.17) is 21.6 Å². The number of halogens is 1. The molecule has 0 aliphatic heterocycles. The van der Waals surface area contributed by atoms with Gasteiger partial charge in [0.15, 0.2) is 6.10 Å². The first-order valence-electron chi connectivity index (χ1n) is 4.04. The van der Waals surface area contributed by atoms with Gasteiger partial charge in [-0.3, -0.25) is 0 Å². The van der Waals surface area contributed by atoms with E-state index in [1.165, 1.54) is 0 Å². The summed E-state index contributed by atoms with van der Waals surface area (Å²) < 4.78 is 5.21. The molecule has 0 amide bonds. The maximum atomic E-state index is 8.78. The van der Waals surface area contributed by atoms with Crippen LogP contribution in [0.15, 0.2) is 24.3 Å². The summed E-state index contributed by atoms with van der Waals surface area (Å²) in [5.74, 6) is 0. The average Bonchev–Trinajstić information content (AvgIpc) is 2.14. The Labute approximate surface area is 82.7 Å². The third kappa shape index (κ3) is 2.73. The second-order valence-electron chi connectivity index (χ2n) is 2.52. The van der Waals surface area contributed by atoms with Crippen LogP contribution >= 0.6 is 11.6 Å². The van der Waals surface area contributed by atoms with Crippen LogP contribution < -0.4 is 0 Å². The average molecular weight is 196 g/mol. The van der Waals surface area contributed by atoms with Gasteiger partial charge < -0.3 is 4.74 Å². The van der Waals surface area contributed by atoms with Crippen LogP contribution in [0, 0.1) is 11.3 Å². The first kappa shape index (κ1) is 10.0. The molecule has 0 bridgehead atoms. The summed E-state index contributed by atoms with van der Waals surface area (Å²) in [6.45, 7) is 2.37. The van der Waals surface area contributed by atoms with Gasteiger partial charge in [0, 0.05) is 11.6 Å². The van der Waals surface area contributed by atoms with E-state index in [-0.39, 0.29) is 0 Å². The molecule has 1 aromatic carbocycles. The first-order chi connectivity index (χ1) is 6.27. The normalized spacial score (nSPS) is 12.1. The van der Waals surface area contributed by atoms with Gasteiger partial charge in [-0.25, -0.2) is 0 Å². The Hall–Kier alpha value is -1.04. The Balaban J connectivity index is 2.86. The summed E-state index contributed by atoms with van der Waals surface area (Å²) in [7, 11) is 0. The lowest BCUT2D eigenvalue weighted by atomic mass is 10.1. The summed E-state index contributed by atoms with van der Waals surface area (Å²) in [6, 6.07) is 9.21. The lowest BCUT2D eigenvalue weighted by Gasteiger charge is -2.08. The van der Waals surface area contributed by atoms with Gasteiger partial charge in [0.05, 0.1) is 6.07 Å². The molecule has 0 aliphatic carbocycles. The molecule has 0 saturated heterocycles. The Morgan fingerprint density at radius 3 is 2.92 bits per heavy atom. The van der Waals surface area contributed by atoms with Crippen molar-refractivity contribution in [2.45, 2.75) is 13.0 Å². The van der Waals surface area contributed by atoms with Gasteiger partial charge in [-0.1, -0.05) is 23.7 Å². The Bertz CT molecular complexity index is 319. The van der Waals surface area contributed by atoms with Crippen molar-refractivity contribution in [2.24, 2.45) is 0 Å². The van der Waals surface area contributed by atoms with Crippen LogP contribution in [0.2, 0.25) is 5.02 Å². The van der Waals surface area contributed by atoms with Gasteiger partial charge in [0.2, 0.25) is 0 Å². The second kappa shape index (κ2) is 4.86. The Kier molecular flexibility index (Phi) is 3.75. The van der Waals surface area contributed by atoms with Gasteiger partial charge in [-0.2, -0.15) is 5.26 Å². The van der Waals surface area contributed by atoms with Crippen LogP contribution in [0.1, 0.15) is 18.6 Å². The summed E-state index contributed by atoms with van der Waals surface area (Å²) >= 11 is 5.78. The van der Waals surface area contributed by atoms with Crippen LogP contribution in [0.5, 0.6) is 0 Å². The molecule has 0 aromatic heterocycles. The molecule has 1 unspecified atom stereocenters. The highest BCUT2D eigenvalue weighted by atomic mass is 35.5. The minimum Gasteiger partial charge on any atom is -0.359 e. The quantitative estimate of drug-likeness (QED) is 0.743. The van der Waals surface area contributed by atoms with Crippen molar-refractivity contribution in [1.82, 2.24) is 0 Å².